The zero-order valence-corrected chi connectivity index (χ0v) is 25.2. The molecule has 0 aromatic heterocycles. The largest absolute Gasteiger partial charge is 0.497 e. The first kappa shape index (κ1) is 35.2. The lowest BCUT2D eigenvalue weighted by Gasteiger charge is -2.18. The number of hydrogen-bond acceptors (Lipinski definition) is 9. The maximum absolute atomic E-state index is 12.2. The summed E-state index contributed by atoms with van der Waals surface area (Å²) in [6.45, 7) is 3.83. The van der Waals surface area contributed by atoms with Gasteiger partial charge in [0.2, 0.25) is 0 Å². The van der Waals surface area contributed by atoms with Crippen molar-refractivity contribution in [2.75, 3.05) is 33.4 Å². The number of carbonyl (C=O) groups is 3. The Bertz CT molecular complexity index is 1500. The van der Waals surface area contributed by atoms with E-state index in [1.807, 2.05) is 66.7 Å². The normalized spacial score (nSPS) is 13.5. The molecule has 1 aliphatic rings. The topological polar surface area (TPSA) is 197 Å². The second-order valence-corrected chi connectivity index (χ2v) is 10.5. The lowest BCUT2D eigenvalue weighted by molar-refractivity contribution is -0.374. The van der Waals surface area contributed by atoms with Crippen LogP contribution in [-0.4, -0.2) is 87.1 Å². The third-order valence-electron chi connectivity index (χ3n) is 7.15. The predicted octanol–water partition coefficient (Wildman–Crippen LogP) is 4.11. The molecule has 1 fully saturated rings. The Kier molecular flexibility index (Phi) is 12.8. The number of hydrogen-bond donors (Lipinski definition) is 4. The Hall–Kier alpha value is -5.27. The van der Waals surface area contributed by atoms with Gasteiger partial charge in [0.25, 0.3) is 5.70 Å². The molecule has 13 nitrogen and oxygen atoms in total. The van der Waals surface area contributed by atoms with Crippen molar-refractivity contribution in [3.63, 3.8) is 0 Å². The fourth-order valence-corrected chi connectivity index (χ4v) is 4.87. The van der Waals surface area contributed by atoms with Gasteiger partial charge < -0.3 is 29.9 Å². The number of ether oxygens (including phenoxy) is 2. The quantitative estimate of drug-likeness (QED) is 0.112. The summed E-state index contributed by atoms with van der Waals surface area (Å²) in [4.78, 5) is 44.8. The summed E-state index contributed by atoms with van der Waals surface area (Å²) >= 11 is 0. The summed E-state index contributed by atoms with van der Waals surface area (Å²) in [5.74, 6) is -3.56. The molecule has 1 saturated heterocycles. The molecule has 0 atom stereocenters. The molecule has 0 amide bonds. The van der Waals surface area contributed by atoms with Crippen LogP contribution in [0.3, 0.4) is 0 Å². The highest BCUT2D eigenvalue weighted by atomic mass is 16.6. The first-order valence-corrected chi connectivity index (χ1v) is 14.4. The highest BCUT2D eigenvalue weighted by Gasteiger charge is 2.40. The average molecular weight is 637 g/mol. The fourth-order valence-electron chi connectivity index (χ4n) is 4.87. The van der Waals surface area contributed by atoms with Gasteiger partial charge in [0.05, 0.1) is 36.0 Å². The van der Waals surface area contributed by atoms with Crippen molar-refractivity contribution in [3.05, 3.63) is 106 Å². The summed E-state index contributed by atoms with van der Waals surface area (Å²) in [6, 6.07) is 23.8. The molecular formula is C33H36N2O11. The third kappa shape index (κ3) is 10.1. The Morgan fingerprint density at radius 1 is 0.804 bits per heavy atom. The number of nitro groups is 1. The van der Waals surface area contributed by atoms with E-state index in [0.717, 1.165) is 36.5 Å². The number of carboxylic acids is 3. The van der Waals surface area contributed by atoms with Gasteiger partial charge in [-0.3, -0.25) is 24.6 Å². The Morgan fingerprint density at radius 3 is 1.74 bits per heavy atom. The molecule has 3 aromatic carbocycles. The SMILES string of the molecule is COc1ccc(/C(=C(/c2ccccc2)[N+](=O)[O-])c2ccc(OCCN3CCCC3)cc2)cc1.O=C(O)CC(O)(CC(=O)O)C(=O)O. The van der Waals surface area contributed by atoms with E-state index in [0.29, 0.717) is 23.5 Å². The Morgan fingerprint density at radius 2 is 1.30 bits per heavy atom. The van der Waals surface area contributed by atoms with E-state index in [2.05, 4.69) is 4.90 Å². The maximum atomic E-state index is 12.2. The number of rotatable bonds is 14. The van der Waals surface area contributed by atoms with Crippen molar-refractivity contribution in [2.24, 2.45) is 0 Å². The second-order valence-electron chi connectivity index (χ2n) is 10.5. The molecule has 4 N–H and O–H groups in total. The summed E-state index contributed by atoms with van der Waals surface area (Å²) in [7, 11) is 1.60. The van der Waals surface area contributed by atoms with Gasteiger partial charge in [-0.1, -0.05) is 42.5 Å². The Balaban J connectivity index is 0.000000376. The van der Waals surface area contributed by atoms with Gasteiger partial charge in [-0.25, -0.2) is 4.79 Å². The van der Waals surface area contributed by atoms with Crippen molar-refractivity contribution >= 4 is 29.2 Å². The first-order chi connectivity index (χ1) is 21.9. The van der Waals surface area contributed by atoms with Gasteiger partial charge in [-0.05, 0) is 73.5 Å². The molecule has 46 heavy (non-hydrogen) atoms. The maximum Gasteiger partial charge on any atom is 0.336 e. The molecular weight excluding hydrogens is 600 g/mol. The molecule has 0 spiro atoms. The minimum Gasteiger partial charge on any atom is -0.497 e. The molecule has 0 aliphatic carbocycles. The van der Waals surface area contributed by atoms with E-state index in [4.69, 9.17) is 29.9 Å². The van der Waals surface area contributed by atoms with E-state index in [-0.39, 0.29) is 10.6 Å². The van der Waals surface area contributed by atoms with Gasteiger partial charge in [0.15, 0.2) is 5.60 Å². The predicted molar refractivity (Wildman–Crippen MR) is 167 cm³/mol. The molecule has 0 radical (unpaired) electrons. The molecule has 3 aromatic rings. The second kappa shape index (κ2) is 16.7. The number of aliphatic carboxylic acids is 3. The van der Waals surface area contributed by atoms with Crippen LogP contribution in [-0.2, 0) is 14.4 Å². The molecule has 0 unspecified atom stereocenters. The van der Waals surface area contributed by atoms with E-state index < -0.39 is 36.4 Å². The number of likely N-dealkylation sites (tertiary alicyclic amines) is 1. The van der Waals surface area contributed by atoms with Gasteiger partial charge in [-0.2, -0.15) is 0 Å². The lowest BCUT2D eigenvalue weighted by atomic mass is 9.93. The van der Waals surface area contributed by atoms with Crippen LogP contribution in [0.25, 0.3) is 11.3 Å². The smallest absolute Gasteiger partial charge is 0.336 e. The van der Waals surface area contributed by atoms with Crippen LogP contribution in [0.1, 0.15) is 42.4 Å². The van der Waals surface area contributed by atoms with Crippen LogP contribution >= 0.6 is 0 Å². The number of nitrogens with zero attached hydrogens (tertiary/aromatic N) is 2. The Labute approximate surface area is 265 Å². The van der Waals surface area contributed by atoms with Crippen LogP contribution < -0.4 is 9.47 Å². The molecule has 4 rings (SSSR count). The zero-order chi connectivity index (χ0) is 33.7. The highest BCUT2D eigenvalue weighted by Crippen LogP contribution is 2.34. The molecule has 0 bridgehead atoms. The molecule has 0 saturated carbocycles. The van der Waals surface area contributed by atoms with Crippen LogP contribution in [0.2, 0.25) is 0 Å². The molecule has 244 valence electrons. The summed E-state index contributed by atoms with van der Waals surface area (Å²) < 4.78 is 11.2. The first-order valence-electron chi connectivity index (χ1n) is 14.4. The fraction of sp³-hybridized carbons (Fsp3) is 0.303. The summed E-state index contributed by atoms with van der Waals surface area (Å²) in [6.07, 6.45) is 0.230. The lowest BCUT2D eigenvalue weighted by Crippen LogP contribution is -2.42. The number of methoxy groups -OCH3 is 1. The van der Waals surface area contributed by atoms with Gasteiger partial charge in [0, 0.05) is 6.54 Å². The van der Waals surface area contributed by atoms with E-state index in [9.17, 15) is 24.5 Å². The highest BCUT2D eigenvalue weighted by molar-refractivity contribution is 5.95. The summed E-state index contributed by atoms with van der Waals surface area (Å²) in [5, 5.41) is 46.0. The van der Waals surface area contributed by atoms with Gasteiger partial charge in [-0.15, -0.1) is 0 Å². The van der Waals surface area contributed by atoms with Gasteiger partial charge in [0.1, 0.15) is 18.1 Å². The monoisotopic (exact) mass is 636 g/mol. The van der Waals surface area contributed by atoms with E-state index in [1.165, 1.54) is 12.8 Å². The van der Waals surface area contributed by atoms with Crippen LogP contribution in [0.15, 0.2) is 78.9 Å². The standard InChI is InChI=1S/C27H28N2O4.C6H8O7/c1-32-24-13-9-21(10-14-24)26(27(29(30)31)23-7-3-2-4-8-23)22-11-15-25(16-12-22)33-20-19-28-17-5-6-18-28;7-3(8)1-6(13,5(11)12)2-4(9)10/h2-4,7-16H,5-6,17-20H2,1H3;13H,1-2H2,(H,7,8)(H,9,10)(H,11,12)/b27-26+;. The minimum atomic E-state index is -2.74. The zero-order valence-electron chi connectivity index (χ0n) is 25.2. The number of carboxylic acid groups (broad SMARTS) is 3. The van der Waals surface area contributed by atoms with Gasteiger partial charge >= 0.3 is 17.9 Å². The molecule has 1 aliphatic heterocycles. The number of aliphatic hydroxyl groups is 1. The van der Waals surface area contributed by atoms with Crippen LogP contribution in [0.4, 0.5) is 0 Å². The van der Waals surface area contributed by atoms with Crippen LogP contribution in [0.5, 0.6) is 11.5 Å². The third-order valence-corrected chi connectivity index (χ3v) is 7.15. The van der Waals surface area contributed by atoms with Crippen molar-refractivity contribution < 1.29 is 49.2 Å². The van der Waals surface area contributed by atoms with Crippen molar-refractivity contribution in [1.82, 2.24) is 4.90 Å². The van der Waals surface area contributed by atoms with Crippen molar-refractivity contribution in [3.8, 4) is 11.5 Å². The summed E-state index contributed by atoms with van der Waals surface area (Å²) in [5.41, 5.74) is -0.0747. The molecule has 13 heteroatoms. The van der Waals surface area contributed by atoms with Crippen molar-refractivity contribution in [2.45, 2.75) is 31.3 Å². The molecule has 1 heterocycles. The van der Waals surface area contributed by atoms with E-state index >= 15 is 0 Å². The van der Waals surface area contributed by atoms with Crippen molar-refractivity contribution in [1.29, 1.82) is 0 Å². The number of benzene rings is 3. The van der Waals surface area contributed by atoms with Crippen LogP contribution in [0, 0.1) is 10.1 Å². The minimum absolute atomic E-state index is 0.0588. The van der Waals surface area contributed by atoms with E-state index in [1.54, 1.807) is 19.2 Å². The average Bonchev–Trinajstić information content (AvgIpc) is 3.54.